The highest BCUT2D eigenvalue weighted by Crippen LogP contribution is 2.64. The van der Waals surface area contributed by atoms with Crippen LogP contribution in [0.1, 0.15) is 37.8 Å². The second-order valence-corrected chi connectivity index (χ2v) is 12.1. The van der Waals surface area contributed by atoms with Gasteiger partial charge in [0.15, 0.2) is 0 Å². The van der Waals surface area contributed by atoms with Crippen molar-refractivity contribution in [1.29, 1.82) is 0 Å². The van der Waals surface area contributed by atoms with E-state index in [-0.39, 0.29) is 37.4 Å². The molecular formula is C34H41N3O5. The first-order valence-corrected chi connectivity index (χ1v) is 14.6. The molecule has 2 aromatic carbocycles. The van der Waals surface area contributed by atoms with E-state index in [4.69, 9.17) is 4.74 Å². The van der Waals surface area contributed by atoms with E-state index in [2.05, 4.69) is 13.2 Å². The van der Waals surface area contributed by atoms with Gasteiger partial charge in [-0.15, -0.1) is 13.2 Å². The molecule has 3 heterocycles. The maximum absolute atomic E-state index is 14.8. The zero-order chi connectivity index (χ0) is 30.4. The summed E-state index contributed by atoms with van der Waals surface area (Å²) in [5.41, 5.74) is 1.21. The highest BCUT2D eigenvalue weighted by molar-refractivity contribution is 6.07. The van der Waals surface area contributed by atoms with E-state index < -0.39 is 35.1 Å². The minimum atomic E-state index is -1.21. The Labute approximate surface area is 248 Å². The first-order valence-electron chi connectivity index (χ1n) is 14.6. The van der Waals surface area contributed by atoms with Crippen LogP contribution in [0, 0.1) is 25.7 Å². The summed E-state index contributed by atoms with van der Waals surface area (Å²) in [5, 5.41) is 10.3. The summed E-state index contributed by atoms with van der Waals surface area (Å²) in [4.78, 5) is 48.4. The third kappa shape index (κ3) is 4.48. The molecule has 2 bridgehead atoms. The minimum absolute atomic E-state index is 0.231. The van der Waals surface area contributed by atoms with Crippen LogP contribution in [0.4, 0.5) is 11.4 Å². The van der Waals surface area contributed by atoms with Gasteiger partial charge in [-0.3, -0.25) is 14.4 Å². The van der Waals surface area contributed by atoms with Crippen molar-refractivity contribution in [2.45, 2.75) is 63.8 Å². The van der Waals surface area contributed by atoms with Crippen LogP contribution in [0.15, 0.2) is 73.8 Å². The Balaban J connectivity index is 1.62. The summed E-state index contributed by atoms with van der Waals surface area (Å²) >= 11 is 0. The molecule has 0 aliphatic carbocycles. The molecule has 3 aliphatic heterocycles. The van der Waals surface area contributed by atoms with Gasteiger partial charge in [-0.1, -0.05) is 42.5 Å². The molecule has 8 heteroatoms. The molecule has 42 heavy (non-hydrogen) atoms. The van der Waals surface area contributed by atoms with Gasteiger partial charge in [-0.05, 0) is 69.9 Å². The van der Waals surface area contributed by atoms with E-state index in [0.717, 1.165) is 16.8 Å². The van der Waals surface area contributed by atoms with Gasteiger partial charge in [-0.2, -0.15) is 0 Å². The topological polar surface area (TPSA) is 90.4 Å². The number of anilines is 2. The molecule has 0 radical (unpaired) electrons. The molecule has 222 valence electrons. The monoisotopic (exact) mass is 571 g/mol. The van der Waals surface area contributed by atoms with Crippen molar-refractivity contribution in [3.8, 4) is 0 Å². The maximum atomic E-state index is 14.8. The van der Waals surface area contributed by atoms with Crippen LogP contribution in [-0.4, -0.2) is 70.7 Å². The predicted octanol–water partition coefficient (Wildman–Crippen LogP) is 4.19. The van der Waals surface area contributed by atoms with Crippen molar-refractivity contribution in [2.24, 2.45) is 11.8 Å². The second kappa shape index (κ2) is 11.2. The second-order valence-electron chi connectivity index (χ2n) is 12.1. The first kappa shape index (κ1) is 29.7. The fourth-order valence-electron chi connectivity index (χ4n) is 7.40. The van der Waals surface area contributed by atoms with Crippen molar-refractivity contribution >= 4 is 29.1 Å². The van der Waals surface area contributed by atoms with Gasteiger partial charge in [0.05, 0.1) is 30.1 Å². The van der Waals surface area contributed by atoms with E-state index in [1.165, 1.54) is 4.90 Å². The van der Waals surface area contributed by atoms with Gasteiger partial charge < -0.3 is 24.5 Å². The van der Waals surface area contributed by atoms with E-state index in [1.54, 1.807) is 28.9 Å². The van der Waals surface area contributed by atoms with E-state index in [0.29, 0.717) is 18.5 Å². The van der Waals surface area contributed by atoms with Gasteiger partial charge >= 0.3 is 0 Å². The number of carbonyl (C=O) groups is 3. The van der Waals surface area contributed by atoms with E-state index in [9.17, 15) is 19.5 Å². The van der Waals surface area contributed by atoms with Gasteiger partial charge in [0.1, 0.15) is 11.6 Å². The Morgan fingerprint density at radius 3 is 2.38 bits per heavy atom. The zero-order valence-electron chi connectivity index (χ0n) is 25.0. The van der Waals surface area contributed by atoms with E-state index >= 15 is 0 Å². The maximum Gasteiger partial charge on any atom is 0.253 e. The Morgan fingerprint density at radius 1 is 1.07 bits per heavy atom. The lowest BCUT2D eigenvalue weighted by molar-refractivity contribution is -0.147. The van der Waals surface area contributed by atoms with Crippen molar-refractivity contribution in [1.82, 2.24) is 4.90 Å². The number of carbonyl (C=O) groups excluding carboxylic acids is 3. The molecule has 1 N–H and O–H groups in total. The molecule has 5 rings (SSSR count). The van der Waals surface area contributed by atoms with Gasteiger partial charge in [0.25, 0.3) is 5.91 Å². The molecule has 8 nitrogen and oxygen atoms in total. The Kier molecular flexibility index (Phi) is 7.89. The number of aliphatic hydroxyl groups is 1. The molecule has 0 saturated carbocycles. The Morgan fingerprint density at radius 2 is 1.74 bits per heavy atom. The van der Waals surface area contributed by atoms with Crippen LogP contribution in [0.25, 0.3) is 0 Å². The predicted molar refractivity (Wildman–Crippen MR) is 163 cm³/mol. The molecule has 2 aromatic rings. The molecule has 6 atom stereocenters. The fourth-order valence-corrected chi connectivity index (χ4v) is 7.40. The van der Waals surface area contributed by atoms with Crippen molar-refractivity contribution < 1.29 is 24.2 Å². The van der Waals surface area contributed by atoms with Gasteiger partial charge in [-0.25, -0.2) is 0 Å². The number of ether oxygens (including phenoxy) is 1. The Hall–Kier alpha value is -3.75. The van der Waals surface area contributed by atoms with Crippen molar-refractivity contribution in [2.75, 3.05) is 29.5 Å². The minimum Gasteiger partial charge on any atom is -0.394 e. The lowest BCUT2D eigenvalue weighted by atomic mass is 9.66. The summed E-state index contributed by atoms with van der Waals surface area (Å²) in [6.07, 6.45) is 4.31. The summed E-state index contributed by atoms with van der Waals surface area (Å²) in [6.45, 7) is 15.4. The highest BCUT2D eigenvalue weighted by Gasteiger charge is 2.78. The largest absolute Gasteiger partial charge is 0.394 e. The lowest BCUT2D eigenvalue weighted by Crippen LogP contribution is -2.58. The fraction of sp³-hybridized carbons (Fsp3) is 0.441. The summed E-state index contributed by atoms with van der Waals surface area (Å²) < 4.78 is 6.83. The van der Waals surface area contributed by atoms with Crippen LogP contribution >= 0.6 is 0 Å². The molecule has 3 fully saturated rings. The number of hydrogen-bond donors (Lipinski definition) is 1. The number of aryl methyl sites for hydroxylation is 2. The number of aliphatic hydroxyl groups excluding tert-OH is 1. The smallest absolute Gasteiger partial charge is 0.253 e. The molecule has 1 spiro atoms. The number of nitrogens with zero attached hydrogens (tertiary/aromatic N) is 3. The Bertz CT molecular complexity index is 1410. The number of benzene rings is 2. The quantitative estimate of drug-likeness (QED) is 0.432. The van der Waals surface area contributed by atoms with Crippen LogP contribution in [0.2, 0.25) is 0 Å². The van der Waals surface area contributed by atoms with Crippen molar-refractivity contribution in [3.63, 3.8) is 0 Å². The number of para-hydroxylation sites is 1. The van der Waals surface area contributed by atoms with Crippen LogP contribution in [0.5, 0.6) is 0 Å². The lowest BCUT2D eigenvalue weighted by Gasteiger charge is -2.39. The molecule has 2 unspecified atom stereocenters. The average molecular weight is 572 g/mol. The summed E-state index contributed by atoms with van der Waals surface area (Å²) in [6, 6.07) is 13.6. The van der Waals surface area contributed by atoms with Crippen LogP contribution in [-0.2, 0) is 19.1 Å². The number of fused-ring (bicyclic) bond motifs is 1. The summed E-state index contributed by atoms with van der Waals surface area (Å²) in [5.74, 6) is -2.54. The third-order valence-corrected chi connectivity index (χ3v) is 9.33. The van der Waals surface area contributed by atoms with E-state index in [1.807, 2.05) is 69.3 Å². The molecule has 3 amide bonds. The zero-order valence-corrected chi connectivity index (χ0v) is 25.0. The average Bonchev–Trinajstić information content (AvgIpc) is 3.56. The SMILES string of the molecule is C=CCN(C(=O)[C@@H]1[C@H]2C(=O)N([C@H](C)CO)C(C(=O)N(CC=C)c3cc(C)ccc3C)C23CC[C@@]1(C)O3)c1ccccc1. The molecule has 3 saturated heterocycles. The number of amides is 3. The molecular weight excluding hydrogens is 530 g/mol. The number of hydrogen-bond acceptors (Lipinski definition) is 5. The standard InChI is InChI=1S/C34H41N3O5/c1-7-18-35(25-12-10-9-11-13-25)30(39)27-28-31(40)37(24(5)21-38)29(34(28)17-16-33(27,6)42-34)32(41)36(19-8-2)26-20-22(3)14-15-23(26)4/h7-15,20,24,27-29,38H,1-2,16-19,21H2,3-6H3/t24-,27+,28+,29?,33-,34?/m1/s1. The molecule has 0 aromatic heterocycles. The summed E-state index contributed by atoms with van der Waals surface area (Å²) in [7, 11) is 0. The first-order chi connectivity index (χ1) is 20.0. The van der Waals surface area contributed by atoms with Crippen LogP contribution in [0.3, 0.4) is 0 Å². The highest BCUT2D eigenvalue weighted by atomic mass is 16.5. The van der Waals surface area contributed by atoms with Gasteiger partial charge in [0.2, 0.25) is 11.8 Å². The normalized spacial score (nSPS) is 28.4. The van der Waals surface area contributed by atoms with Gasteiger partial charge in [0, 0.05) is 24.5 Å². The van der Waals surface area contributed by atoms with Crippen molar-refractivity contribution in [3.05, 3.63) is 85.0 Å². The third-order valence-electron chi connectivity index (χ3n) is 9.33. The number of rotatable bonds is 10. The van der Waals surface area contributed by atoms with Crippen LogP contribution < -0.4 is 9.80 Å². The molecule has 3 aliphatic rings. The number of likely N-dealkylation sites (tertiary alicyclic amines) is 1.